The van der Waals surface area contributed by atoms with E-state index in [1.54, 1.807) is 0 Å². The molecule has 1 fully saturated rings. The zero-order valence-electron chi connectivity index (χ0n) is 5.42. The Morgan fingerprint density at radius 2 is 2.30 bits per heavy atom. The highest BCUT2D eigenvalue weighted by atomic mass is 127. The Bertz CT molecular complexity index is 245. The lowest BCUT2D eigenvalue weighted by Crippen LogP contribution is -1.92. The highest BCUT2D eigenvalue weighted by Gasteiger charge is 2.26. The van der Waals surface area contributed by atoms with Gasteiger partial charge in [-0.3, -0.25) is 0 Å². The molecule has 1 aliphatic rings. The summed E-state index contributed by atoms with van der Waals surface area (Å²) < 4.78 is 1.05. The molecule has 0 radical (unpaired) electrons. The molecular formula is C7H7IN2. The first-order valence-electron chi connectivity index (χ1n) is 3.35. The molecule has 2 nitrogen and oxygen atoms in total. The van der Waals surface area contributed by atoms with Crippen molar-refractivity contribution in [3.8, 4) is 0 Å². The van der Waals surface area contributed by atoms with Gasteiger partial charge in [0.05, 0.1) is 0 Å². The number of rotatable bonds is 1. The minimum Gasteiger partial charge on any atom is -0.241 e. The molecule has 10 heavy (non-hydrogen) atoms. The van der Waals surface area contributed by atoms with Crippen LogP contribution in [0.3, 0.4) is 0 Å². The summed E-state index contributed by atoms with van der Waals surface area (Å²) in [6, 6.07) is 1.92. The van der Waals surface area contributed by atoms with Crippen LogP contribution >= 0.6 is 22.6 Å². The highest BCUT2D eigenvalue weighted by Crippen LogP contribution is 2.37. The summed E-state index contributed by atoms with van der Waals surface area (Å²) in [5.41, 5.74) is 0. The van der Waals surface area contributed by atoms with E-state index in [-0.39, 0.29) is 0 Å². The van der Waals surface area contributed by atoms with Crippen LogP contribution in [0.25, 0.3) is 0 Å². The molecule has 0 bridgehead atoms. The van der Waals surface area contributed by atoms with Crippen LogP contribution in [0.5, 0.6) is 0 Å². The van der Waals surface area contributed by atoms with Crippen molar-refractivity contribution in [1.29, 1.82) is 0 Å². The quantitative estimate of drug-likeness (QED) is 0.559. The first kappa shape index (κ1) is 6.52. The van der Waals surface area contributed by atoms with E-state index in [1.807, 2.05) is 12.3 Å². The van der Waals surface area contributed by atoms with Crippen LogP contribution in [0, 0.1) is 3.70 Å². The molecule has 0 unspecified atom stereocenters. The Hall–Kier alpha value is -0.190. The Balaban J connectivity index is 2.32. The average molecular weight is 246 g/mol. The third-order valence-corrected chi connectivity index (χ3v) is 2.18. The van der Waals surface area contributed by atoms with E-state index in [4.69, 9.17) is 0 Å². The Kier molecular flexibility index (Phi) is 1.60. The molecule has 2 rings (SSSR count). The largest absolute Gasteiger partial charge is 0.241 e. The lowest BCUT2D eigenvalue weighted by molar-refractivity contribution is 0.914. The second-order valence-electron chi connectivity index (χ2n) is 2.51. The summed E-state index contributed by atoms with van der Waals surface area (Å²) in [5, 5.41) is 0. The SMILES string of the molecule is Ic1ccnc(C2CC2)n1. The number of nitrogens with zero attached hydrogens (tertiary/aromatic N) is 2. The van der Waals surface area contributed by atoms with Crippen molar-refractivity contribution in [2.45, 2.75) is 18.8 Å². The van der Waals surface area contributed by atoms with Crippen molar-refractivity contribution in [3.05, 3.63) is 21.8 Å². The maximum atomic E-state index is 4.31. The summed E-state index contributed by atoms with van der Waals surface area (Å²) in [6.07, 6.45) is 4.39. The number of hydrogen-bond donors (Lipinski definition) is 0. The predicted molar refractivity (Wildman–Crippen MR) is 46.7 cm³/mol. The van der Waals surface area contributed by atoms with Crippen molar-refractivity contribution in [1.82, 2.24) is 9.97 Å². The van der Waals surface area contributed by atoms with E-state index in [0.717, 1.165) is 9.53 Å². The second-order valence-corrected chi connectivity index (χ2v) is 3.62. The van der Waals surface area contributed by atoms with Gasteiger partial charge >= 0.3 is 0 Å². The van der Waals surface area contributed by atoms with E-state index < -0.39 is 0 Å². The van der Waals surface area contributed by atoms with Gasteiger partial charge in [0.2, 0.25) is 0 Å². The molecule has 1 saturated carbocycles. The van der Waals surface area contributed by atoms with Gasteiger partial charge in [-0.05, 0) is 41.5 Å². The summed E-state index contributed by atoms with van der Waals surface area (Å²) in [6.45, 7) is 0. The van der Waals surface area contributed by atoms with Gasteiger partial charge in [0.25, 0.3) is 0 Å². The minimum absolute atomic E-state index is 0.676. The molecule has 0 N–H and O–H groups in total. The van der Waals surface area contributed by atoms with Crippen LogP contribution in [-0.4, -0.2) is 9.97 Å². The van der Waals surface area contributed by atoms with Gasteiger partial charge in [0.1, 0.15) is 9.53 Å². The lowest BCUT2D eigenvalue weighted by Gasteiger charge is -1.93. The van der Waals surface area contributed by atoms with E-state index in [2.05, 4.69) is 32.6 Å². The van der Waals surface area contributed by atoms with Crippen molar-refractivity contribution in [2.75, 3.05) is 0 Å². The smallest absolute Gasteiger partial charge is 0.132 e. The van der Waals surface area contributed by atoms with E-state index in [0.29, 0.717) is 5.92 Å². The summed E-state index contributed by atoms with van der Waals surface area (Å²) in [4.78, 5) is 8.50. The molecule has 52 valence electrons. The third-order valence-electron chi connectivity index (χ3n) is 1.58. The van der Waals surface area contributed by atoms with Crippen molar-refractivity contribution < 1.29 is 0 Å². The second kappa shape index (κ2) is 2.45. The molecule has 0 aliphatic heterocycles. The predicted octanol–water partition coefficient (Wildman–Crippen LogP) is 1.96. The van der Waals surface area contributed by atoms with Crippen LogP contribution in [0.4, 0.5) is 0 Å². The minimum atomic E-state index is 0.676. The Morgan fingerprint density at radius 1 is 1.50 bits per heavy atom. The molecule has 0 amide bonds. The standard InChI is InChI=1S/C7H7IN2/c8-6-3-4-9-7(10-6)5-1-2-5/h3-5H,1-2H2. The fourth-order valence-corrected chi connectivity index (χ4v) is 1.30. The van der Waals surface area contributed by atoms with Crippen LogP contribution in [0.1, 0.15) is 24.6 Å². The molecule has 0 saturated heterocycles. The van der Waals surface area contributed by atoms with Crippen molar-refractivity contribution in [3.63, 3.8) is 0 Å². The fourth-order valence-electron chi connectivity index (χ4n) is 0.889. The molecule has 3 heteroatoms. The van der Waals surface area contributed by atoms with Crippen LogP contribution in [0.15, 0.2) is 12.3 Å². The van der Waals surface area contributed by atoms with E-state index >= 15 is 0 Å². The lowest BCUT2D eigenvalue weighted by atomic mass is 10.4. The topological polar surface area (TPSA) is 25.8 Å². The summed E-state index contributed by atoms with van der Waals surface area (Å²) in [7, 11) is 0. The van der Waals surface area contributed by atoms with Gasteiger partial charge in [-0.2, -0.15) is 0 Å². The van der Waals surface area contributed by atoms with Crippen LogP contribution in [0.2, 0.25) is 0 Å². The highest BCUT2D eigenvalue weighted by molar-refractivity contribution is 14.1. The average Bonchev–Trinajstić information content (AvgIpc) is 2.68. The van der Waals surface area contributed by atoms with Gasteiger partial charge < -0.3 is 0 Å². The fraction of sp³-hybridized carbons (Fsp3) is 0.429. The molecule has 1 heterocycles. The Morgan fingerprint density at radius 3 is 2.90 bits per heavy atom. The molecule has 0 aromatic carbocycles. The molecule has 1 aromatic heterocycles. The third kappa shape index (κ3) is 1.28. The number of aromatic nitrogens is 2. The van der Waals surface area contributed by atoms with Crippen molar-refractivity contribution in [2.24, 2.45) is 0 Å². The molecule has 0 atom stereocenters. The van der Waals surface area contributed by atoms with Crippen LogP contribution < -0.4 is 0 Å². The first-order valence-corrected chi connectivity index (χ1v) is 4.42. The molecule has 1 aromatic rings. The normalized spacial score (nSPS) is 17.3. The van der Waals surface area contributed by atoms with Gasteiger partial charge in [-0.25, -0.2) is 9.97 Å². The zero-order chi connectivity index (χ0) is 6.97. The molecule has 1 aliphatic carbocycles. The van der Waals surface area contributed by atoms with Crippen molar-refractivity contribution >= 4 is 22.6 Å². The van der Waals surface area contributed by atoms with Crippen LogP contribution in [-0.2, 0) is 0 Å². The van der Waals surface area contributed by atoms with Gasteiger partial charge in [-0.1, -0.05) is 0 Å². The van der Waals surface area contributed by atoms with E-state index in [9.17, 15) is 0 Å². The number of hydrogen-bond acceptors (Lipinski definition) is 2. The van der Waals surface area contributed by atoms with Gasteiger partial charge in [0.15, 0.2) is 0 Å². The maximum absolute atomic E-state index is 4.31. The maximum Gasteiger partial charge on any atom is 0.132 e. The van der Waals surface area contributed by atoms with Gasteiger partial charge in [-0.15, -0.1) is 0 Å². The summed E-state index contributed by atoms with van der Waals surface area (Å²) >= 11 is 2.22. The zero-order valence-corrected chi connectivity index (χ0v) is 7.58. The molecular weight excluding hydrogens is 239 g/mol. The first-order chi connectivity index (χ1) is 4.86. The van der Waals surface area contributed by atoms with Gasteiger partial charge in [0, 0.05) is 12.1 Å². The number of halogens is 1. The van der Waals surface area contributed by atoms with E-state index in [1.165, 1.54) is 12.8 Å². The summed E-state index contributed by atoms with van der Waals surface area (Å²) in [5.74, 6) is 1.71. The monoisotopic (exact) mass is 246 g/mol. The molecule has 0 spiro atoms. The Labute approximate surface area is 73.2 Å².